The first kappa shape index (κ1) is 21.7. The standard InChI is InChI=1S/C29H50O2/c1-20(2)12-9-13-21(3)14-10-15-22(4)16-11-18-29(8)19-17-26-25(7)27(30)23(5)24(6)28(26)31-29/h20-22,30H,9-19H2,1-8H3/t21-,22-,29-/m0/s1/i6D3. The lowest BCUT2D eigenvalue weighted by Gasteiger charge is -2.38. The van der Waals surface area contributed by atoms with E-state index in [0.717, 1.165) is 48.6 Å². The fourth-order valence-electron chi connectivity index (χ4n) is 5.11. The fraction of sp³-hybridized carbons (Fsp3) is 0.793. The lowest BCUT2D eigenvalue weighted by molar-refractivity contribution is 0.0512. The van der Waals surface area contributed by atoms with Crippen LogP contribution in [0.4, 0.5) is 0 Å². The highest BCUT2D eigenvalue weighted by atomic mass is 16.5. The number of phenolic OH excluding ortho intramolecular Hbond substituents is 1. The zero-order chi connectivity index (χ0) is 25.7. The molecule has 0 radical (unpaired) electrons. The Hall–Kier alpha value is -1.18. The molecule has 0 unspecified atom stereocenters. The summed E-state index contributed by atoms with van der Waals surface area (Å²) in [5, 5.41) is 10.5. The maximum atomic E-state index is 10.5. The topological polar surface area (TPSA) is 29.5 Å². The Labute approximate surface area is 197 Å². The van der Waals surface area contributed by atoms with Gasteiger partial charge in [0, 0.05) is 9.68 Å². The molecule has 2 rings (SSSR count). The van der Waals surface area contributed by atoms with E-state index < -0.39 is 6.85 Å². The Bertz CT molecular complexity index is 800. The second kappa shape index (κ2) is 11.6. The fourth-order valence-corrected chi connectivity index (χ4v) is 5.11. The molecule has 0 aliphatic carbocycles. The molecular formula is C29H50O2. The number of benzene rings is 1. The minimum atomic E-state index is -2.31. The molecule has 31 heavy (non-hydrogen) atoms. The molecule has 0 aromatic heterocycles. The second-order valence-electron chi connectivity index (χ2n) is 11.2. The summed E-state index contributed by atoms with van der Waals surface area (Å²) in [5.74, 6) is 2.96. The summed E-state index contributed by atoms with van der Waals surface area (Å²) in [6, 6.07) is 0. The SMILES string of the molecule is [2H]C([2H])([2H])c1c(C)c(O)c(C)c2c1O[C@@](C)(CCC[C@@H](C)CCC[C@@H](C)CCCC(C)C)CC2. The van der Waals surface area contributed by atoms with E-state index in [1.165, 1.54) is 44.9 Å². The van der Waals surface area contributed by atoms with Crippen LogP contribution in [0, 0.1) is 38.5 Å². The van der Waals surface area contributed by atoms with E-state index >= 15 is 0 Å². The highest BCUT2D eigenvalue weighted by Gasteiger charge is 2.34. The van der Waals surface area contributed by atoms with Crippen LogP contribution in [0.15, 0.2) is 0 Å². The van der Waals surface area contributed by atoms with Crippen LogP contribution in [0.1, 0.15) is 125 Å². The van der Waals surface area contributed by atoms with Gasteiger partial charge >= 0.3 is 0 Å². The monoisotopic (exact) mass is 433 g/mol. The zero-order valence-corrected chi connectivity index (χ0v) is 21.4. The van der Waals surface area contributed by atoms with Gasteiger partial charge in [-0.1, -0.05) is 72.6 Å². The van der Waals surface area contributed by atoms with E-state index in [-0.39, 0.29) is 16.9 Å². The summed E-state index contributed by atoms with van der Waals surface area (Å²) >= 11 is 0. The molecule has 0 fully saturated rings. The van der Waals surface area contributed by atoms with Gasteiger partial charge in [0.05, 0.1) is 0 Å². The third kappa shape index (κ3) is 7.43. The van der Waals surface area contributed by atoms with E-state index in [1.807, 2.05) is 6.92 Å². The van der Waals surface area contributed by atoms with E-state index in [9.17, 15) is 5.11 Å². The molecule has 1 heterocycles. The molecule has 1 aliphatic rings. The van der Waals surface area contributed by atoms with Crippen LogP contribution >= 0.6 is 0 Å². The van der Waals surface area contributed by atoms with Crippen LogP contribution in [0.2, 0.25) is 0 Å². The number of hydrogen-bond donors (Lipinski definition) is 1. The highest BCUT2D eigenvalue weighted by Crippen LogP contribution is 2.44. The molecular weight excluding hydrogens is 380 g/mol. The molecule has 2 nitrogen and oxygen atoms in total. The summed E-state index contributed by atoms with van der Waals surface area (Å²) in [4.78, 5) is 0. The van der Waals surface area contributed by atoms with E-state index in [2.05, 4.69) is 34.6 Å². The Morgan fingerprint density at radius 3 is 2.06 bits per heavy atom. The Morgan fingerprint density at radius 2 is 1.48 bits per heavy atom. The van der Waals surface area contributed by atoms with Gasteiger partial charge in [-0.05, 0) is 87.8 Å². The smallest absolute Gasteiger partial charge is 0.127 e. The second-order valence-corrected chi connectivity index (χ2v) is 11.2. The van der Waals surface area contributed by atoms with Gasteiger partial charge in [0.15, 0.2) is 0 Å². The first-order chi connectivity index (χ1) is 15.7. The first-order valence-corrected chi connectivity index (χ1v) is 12.8. The molecule has 0 amide bonds. The first-order valence-electron chi connectivity index (χ1n) is 14.3. The number of rotatable bonds is 12. The van der Waals surface area contributed by atoms with Gasteiger partial charge in [-0.3, -0.25) is 0 Å². The third-order valence-electron chi connectivity index (χ3n) is 7.57. The lowest BCUT2D eigenvalue weighted by Crippen LogP contribution is -2.37. The van der Waals surface area contributed by atoms with E-state index in [0.29, 0.717) is 17.2 Å². The maximum Gasteiger partial charge on any atom is 0.127 e. The van der Waals surface area contributed by atoms with Gasteiger partial charge < -0.3 is 9.84 Å². The van der Waals surface area contributed by atoms with Gasteiger partial charge in [-0.25, -0.2) is 0 Å². The van der Waals surface area contributed by atoms with Crippen molar-refractivity contribution in [1.29, 1.82) is 0 Å². The normalized spacial score (nSPS) is 22.3. The molecule has 0 spiro atoms. The average molecular weight is 434 g/mol. The predicted molar refractivity (Wildman–Crippen MR) is 134 cm³/mol. The highest BCUT2D eigenvalue weighted by molar-refractivity contribution is 5.58. The van der Waals surface area contributed by atoms with Crippen LogP contribution in [0.5, 0.6) is 11.5 Å². The quantitative estimate of drug-likeness (QED) is 0.357. The Kier molecular flexibility index (Phi) is 8.11. The third-order valence-corrected chi connectivity index (χ3v) is 7.57. The molecule has 1 aromatic carbocycles. The van der Waals surface area contributed by atoms with Crippen molar-refractivity contribution >= 4 is 0 Å². The molecule has 0 bridgehead atoms. The van der Waals surface area contributed by atoms with Crippen LogP contribution in [0.25, 0.3) is 0 Å². The van der Waals surface area contributed by atoms with Gasteiger partial charge in [0.25, 0.3) is 0 Å². The van der Waals surface area contributed by atoms with Crippen molar-refractivity contribution in [3.8, 4) is 11.5 Å². The van der Waals surface area contributed by atoms with Gasteiger partial charge in [-0.15, -0.1) is 0 Å². The van der Waals surface area contributed by atoms with Crippen molar-refractivity contribution < 1.29 is 14.0 Å². The van der Waals surface area contributed by atoms with Crippen molar-refractivity contribution in [3.05, 3.63) is 22.3 Å². The number of hydrogen-bond acceptors (Lipinski definition) is 2. The van der Waals surface area contributed by atoms with Gasteiger partial charge in [0.1, 0.15) is 17.1 Å². The summed E-state index contributed by atoms with van der Waals surface area (Å²) < 4.78 is 30.6. The maximum absolute atomic E-state index is 10.5. The molecule has 1 N–H and O–H groups in total. The van der Waals surface area contributed by atoms with Gasteiger partial charge in [0.2, 0.25) is 0 Å². The summed E-state index contributed by atoms with van der Waals surface area (Å²) in [7, 11) is 0. The Morgan fingerprint density at radius 1 is 0.903 bits per heavy atom. The minimum Gasteiger partial charge on any atom is -0.507 e. The summed E-state index contributed by atoms with van der Waals surface area (Å²) in [6.07, 6.45) is 12.8. The van der Waals surface area contributed by atoms with Crippen LogP contribution < -0.4 is 4.74 Å². The minimum absolute atomic E-state index is 0.0974. The predicted octanol–water partition coefficient (Wildman–Crippen LogP) is 8.84. The van der Waals surface area contributed by atoms with Crippen molar-refractivity contribution in [2.75, 3.05) is 0 Å². The molecule has 3 atom stereocenters. The van der Waals surface area contributed by atoms with Crippen LogP contribution in [-0.4, -0.2) is 10.7 Å². The Balaban J connectivity index is 1.87. The molecule has 0 saturated carbocycles. The van der Waals surface area contributed by atoms with Gasteiger partial charge in [-0.2, -0.15) is 0 Å². The number of aromatic hydroxyl groups is 1. The lowest BCUT2D eigenvalue weighted by atomic mass is 9.84. The number of phenols is 1. The van der Waals surface area contributed by atoms with Crippen molar-refractivity contribution in [2.24, 2.45) is 17.8 Å². The zero-order valence-electron chi connectivity index (χ0n) is 24.4. The molecule has 1 aromatic rings. The molecule has 0 saturated heterocycles. The van der Waals surface area contributed by atoms with Crippen molar-refractivity contribution in [1.82, 2.24) is 0 Å². The largest absolute Gasteiger partial charge is 0.507 e. The summed E-state index contributed by atoms with van der Waals surface area (Å²) in [5.41, 5.74) is 1.88. The molecule has 2 heteroatoms. The van der Waals surface area contributed by atoms with E-state index in [1.54, 1.807) is 6.92 Å². The average Bonchev–Trinajstić information content (AvgIpc) is 2.70. The van der Waals surface area contributed by atoms with Crippen molar-refractivity contribution in [2.45, 2.75) is 132 Å². The number of fused-ring (bicyclic) bond motifs is 1. The van der Waals surface area contributed by atoms with Crippen LogP contribution in [-0.2, 0) is 6.42 Å². The van der Waals surface area contributed by atoms with Crippen LogP contribution in [0.3, 0.4) is 0 Å². The molecule has 178 valence electrons. The number of ether oxygens (including phenoxy) is 1. The molecule has 1 aliphatic heterocycles. The van der Waals surface area contributed by atoms with E-state index in [4.69, 9.17) is 8.85 Å². The van der Waals surface area contributed by atoms with Crippen molar-refractivity contribution in [3.63, 3.8) is 0 Å². The summed E-state index contributed by atoms with van der Waals surface area (Å²) in [6.45, 7) is 12.8.